The Labute approximate surface area is 227 Å². The molecule has 0 unspecified atom stereocenters. The summed E-state index contributed by atoms with van der Waals surface area (Å²) in [6.45, 7) is 4.41. The van der Waals surface area contributed by atoms with E-state index in [9.17, 15) is 8.42 Å². The fourth-order valence-electron chi connectivity index (χ4n) is 4.58. The quantitative estimate of drug-likeness (QED) is 0.275. The third-order valence-electron chi connectivity index (χ3n) is 6.25. The molecule has 2 N–H and O–H groups in total. The van der Waals surface area contributed by atoms with Gasteiger partial charge < -0.3 is 19.4 Å². The Morgan fingerprint density at radius 1 is 1.11 bits per heavy atom. The topological polar surface area (TPSA) is 96.7 Å². The number of aromatic nitrogens is 1. The molecule has 0 amide bonds. The van der Waals surface area contributed by atoms with Crippen molar-refractivity contribution in [3.8, 4) is 17.1 Å². The summed E-state index contributed by atoms with van der Waals surface area (Å²) in [6.07, 6.45) is 2.88. The monoisotopic (exact) mass is 548 g/mol. The van der Waals surface area contributed by atoms with Crippen LogP contribution in [0.3, 0.4) is 0 Å². The molecular weight excluding hydrogens is 520 g/mol. The van der Waals surface area contributed by atoms with E-state index in [0.29, 0.717) is 23.2 Å². The number of rotatable bonds is 8. The Morgan fingerprint density at radius 2 is 1.89 bits per heavy atom. The molecule has 0 bridgehead atoms. The first-order valence-corrected chi connectivity index (χ1v) is 14.5. The third-order valence-corrected chi connectivity index (χ3v) is 7.15. The van der Waals surface area contributed by atoms with Crippen LogP contribution in [0.1, 0.15) is 36.0 Å². The molecule has 0 radical (unpaired) electrons. The summed E-state index contributed by atoms with van der Waals surface area (Å²) >= 11 is 5.80. The second-order valence-corrected chi connectivity index (χ2v) is 11.2. The maximum atomic E-state index is 11.8. The van der Waals surface area contributed by atoms with Crippen LogP contribution in [0.4, 0.5) is 11.4 Å². The maximum Gasteiger partial charge on any atom is 0.229 e. The number of benzene rings is 2. The second kappa shape index (κ2) is 10.5. The Kier molecular flexibility index (Phi) is 7.09. The van der Waals surface area contributed by atoms with Crippen molar-refractivity contribution in [2.45, 2.75) is 25.9 Å². The van der Waals surface area contributed by atoms with Crippen LogP contribution in [-0.2, 0) is 10.0 Å². The number of nitrogens with zero attached hydrogens (tertiary/aromatic N) is 2. The van der Waals surface area contributed by atoms with Gasteiger partial charge in [-0.15, -0.1) is 0 Å². The molecule has 1 fully saturated rings. The number of sulfonamides is 1. The molecule has 8 nitrogen and oxygen atoms in total. The van der Waals surface area contributed by atoms with Crippen LogP contribution in [0.25, 0.3) is 11.3 Å². The highest BCUT2D eigenvalue weighted by atomic mass is 32.2. The Balaban J connectivity index is 1.54. The lowest BCUT2D eigenvalue weighted by molar-refractivity contribution is 0.340. The average Bonchev–Trinajstić information content (AvgIpc) is 3.50. The number of nitrogens with one attached hydrogen (secondary N) is 2. The van der Waals surface area contributed by atoms with Crippen LogP contribution in [0, 0.1) is 6.92 Å². The van der Waals surface area contributed by atoms with Crippen molar-refractivity contribution in [3.05, 3.63) is 96.0 Å². The van der Waals surface area contributed by atoms with E-state index in [1.165, 1.54) is 0 Å². The Hall–Kier alpha value is -3.89. The number of aryl methyl sites for hydroxylation is 1. The maximum absolute atomic E-state index is 11.8. The highest BCUT2D eigenvalue weighted by molar-refractivity contribution is 7.92. The van der Waals surface area contributed by atoms with Gasteiger partial charge in [-0.05, 0) is 98.4 Å². The largest absolute Gasteiger partial charge is 0.494 e. The molecule has 5 rings (SSSR count). The number of hydrogen-bond acceptors (Lipinski definition) is 6. The van der Waals surface area contributed by atoms with Crippen molar-refractivity contribution < 1.29 is 17.6 Å². The second-order valence-electron chi connectivity index (χ2n) is 9.03. The highest BCUT2D eigenvalue weighted by Gasteiger charge is 2.42. The average molecular weight is 549 g/mol. The molecule has 4 aromatic rings. The lowest BCUT2D eigenvalue weighted by Gasteiger charge is -2.26. The van der Waals surface area contributed by atoms with Crippen molar-refractivity contribution in [2.75, 3.05) is 22.5 Å². The van der Waals surface area contributed by atoms with Gasteiger partial charge in [0.15, 0.2) is 5.11 Å². The van der Waals surface area contributed by atoms with E-state index in [-0.39, 0.29) is 12.1 Å². The summed E-state index contributed by atoms with van der Waals surface area (Å²) in [5.41, 5.74) is 3.85. The first-order chi connectivity index (χ1) is 18.2. The Morgan fingerprint density at radius 3 is 2.55 bits per heavy atom. The van der Waals surface area contributed by atoms with Gasteiger partial charge in [0, 0.05) is 17.4 Å². The van der Waals surface area contributed by atoms with Crippen LogP contribution in [0.15, 0.2) is 83.4 Å². The zero-order valence-corrected chi connectivity index (χ0v) is 22.8. The van der Waals surface area contributed by atoms with Crippen molar-refractivity contribution in [3.63, 3.8) is 0 Å². The molecule has 2 aromatic carbocycles. The number of hydrogen-bond donors (Lipinski definition) is 2. The van der Waals surface area contributed by atoms with Gasteiger partial charge in [-0.1, -0.05) is 6.07 Å². The van der Waals surface area contributed by atoms with E-state index < -0.39 is 10.0 Å². The van der Waals surface area contributed by atoms with Gasteiger partial charge in [-0.2, -0.15) is 0 Å². The van der Waals surface area contributed by atoms with Crippen molar-refractivity contribution in [1.29, 1.82) is 0 Å². The van der Waals surface area contributed by atoms with E-state index in [0.717, 1.165) is 40.3 Å². The minimum Gasteiger partial charge on any atom is -0.494 e. The van der Waals surface area contributed by atoms with Gasteiger partial charge in [0.2, 0.25) is 10.0 Å². The third kappa shape index (κ3) is 5.36. The molecule has 1 aliphatic rings. The van der Waals surface area contributed by atoms with Crippen LogP contribution in [-0.4, -0.2) is 31.4 Å². The van der Waals surface area contributed by atoms with Gasteiger partial charge in [0.05, 0.1) is 30.3 Å². The molecule has 0 aliphatic carbocycles. The lowest BCUT2D eigenvalue weighted by Crippen LogP contribution is -2.29. The van der Waals surface area contributed by atoms with Gasteiger partial charge in [-0.25, -0.2) is 8.42 Å². The number of thiocarbonyl (C=S) groups is 1. The summed E-state index contributed by atoms with van der Waals surface area (Å²) in [7, 11) is -3.40. The summed E-state index contributed by atoms with van der Waals surface area (Å²) in [5.74, 6) is 2.25. The number of pyridine rings is 1. The summed E-state index contributed by atoms with van der Waals surface area (Å²) in [4.78, 5) is 6.57. The van der Waals surface area contributed by atoms with Gasteiger partial charge in [0.1, 0.15) is 23.3 Å². The lowest BCUT2D eigenvalue weighted by atomic mass is 10.0. The van der Waals surface area contributed by atoms with Crippen LogP contribution in [0.5, 0.6) is 5.75 Å². The molecule has 0 saturated carbocycles. The minimum absolute atomic E-state index is 0.267. The molecular formula is C28H28N4O4S2. The normalized spacial score (nSPS) is 17.3. The van der Waals surface area contributed by atoms with Crippen LogP contribution < -0.4 is 19.7 Å². The molecule has 2 atom stereocenters. The molecule has 1 aliphatic heterocycles. The predicted octanol–water partition coefficient (Wildman–Crippen LogP) is 5.60. The van der Waals surface area contributed by atoms with E-state index in [4.69, 9.17) is 21.4 Å². The molecule has 1 saturated heterocycles. The zero-order valence-electron chi connectivity index (χ0n) is 21.2. The fraction of sp³-hybridized carbons (Fsp3) is 0.214. The van der Waals surface area contributed by atoms with Gasteiger partial charge >= 0.3 is 0 Å². The number of ether oxygens (including phenoxy) is 1. The smallest absolute Gasteiger partial charge is 0.229 e. The van der Waals surface area contributed by atoms with Gasteiger partial charge in [-0.3, -0.25) is 9.71 Å². The fourth-order valence-corrected chi connectivity index (χ4v) is 5.56. The van der Waals surface area contributed by atoms with Crippen LogP contribution >= 0.6 is 12.2 Å². The summed E-state index contributed by atoms with van der Waals surface area (Å²) in [6, 6.07) is 22.4. The van der Waals surface area contributed by atoms with E-state index in [1.807, 2.05) is 85.5 Å². The van der Waals surface area contributed by atoms with E-state index >= 15 is 0 Å². The number of anilines is 2. The highest BCUT2D eigenvalue weighted by Crippen LogP contribution is 2.43. The summed E-state index contributed by atoms with van der Waals surface area (Å²) < 4.78 is 38.1. The summed E-state index contributed by atoms with van der Waals surface area (Å²) in [5, 5.41) is 3.94. The molecule has 3 heterocycles. The Bertz CT molecular complexity index is 1550. The molecule has 0 spiro atoms. The van der Waals surface area contributed by atoms with E-state index in [2.05, 4.69) is 15.0 Å². The molecule has 38 heavy (non-hydrogen) atoms. The predicted molar refractivity (Wildman–Crippen MR) is 153 cm³/mol. The van der Waals surface area contributed by atoms with Crippen molar-refractivity contribution in [1.82, 2.24) is 10.3 Å². The molecule has 2 aromatic heterocycles. The van der Waals surface area contributed by atoms with Crippen molar-refractivity contribution >= 4 is 38.7 Å². The van der Waals surface area contributed by atoms with Crippen molar-refractivity contribution in [2.24, 2.45) is 0 Å². The first kappa shape index (κ1) is 25.7. The van der Waals surface area contributed by atoms with E-state index in [1.54, 1.807) is 12.3 Å². The first-order valence-electron chi connectivity index (χ1n) is 12.2. The molecule has 196 valence electrons. The van der Waals surface area contributed by atoms with Crippen LogP contribution in [0.2, 0.25) is 0 Å². The standard InChI is InChI=1S/C28H28N4O4S2/c1-4-35-21-11-8-19(9-12-21)24-14-15-25(36-24)27-26(23-7-5-6-16-29-23)30-28(37)32(27)20-10-13-22(18(2)17-20)31-38(3,33)34/h5-17,26-27,31H,4H2,1-3H3,(H,30,37)/t26-,27+/m0/s1. The molecule has 10 heteroatoms. The van der Waals surface area contributed by atoms with Gasteiger partial charge in [0.25, 0.3) is 0 Å². The number of furan rings is 1. The zero-order chi connectivity index (χ0) is 26.9. The SMILES string of the molecule is CCOc1ccc(-c2ccc([C@@H]3[C@H](c4ccccn4)NC(=S)N3c3ccc(NS(C)(=O)=O)c(C)c3)o2)cc1. The minimum atomic E-state index is -3.40.